The molecule has 0 N–H and O–H groups in total. The number of amides is 1. The van der Waals surface area contributed by atoms with Crippen LogP contribution in [0.1, 0.15) is 33.7 Å². The molecule has 0 atom stereocenters. The van der Waals surface area contributed by atoms with Crippen molar-refractivity contribution in [2.75, 3.05) is 38.2 Å². The molecule has 0 bridgehead atoms. The van der Waals surface area contributed by atoms with Crippen LogP contribution in [0, 0.1) is 13.8 Å². The Bertz CT molecular complexity index is 1160. The van der Waals surface area contributed by atoms with Crippen LogP contribution in [-0.4, -0.2) is 59.8 Å². The van der Waals surface area contributed by atoms with E-state index in [1.807, 2.05) is 72.0 Å². The number of aryl methyl sites for hydroxylation is 1. The third kappa shape index (κ3) is 5.09. The Morgan fingerprint density at radius 3 is 2.18 bits per heavy atom. The molecule has 0 unspecified atom stereocenters. The predicted octanol–water partition coefficient (Wildman–Crippen LogP) is 4.21. The largest absolute Gasteiger partial charge is 0.469 e. The lowest BCUT2D eigenvalue weighted by atomic mass is 10.1. The fourth-order valence-electron chi connectivity index (χ4n) is 4.36. The van der Waals surface area contributed by atoms with Crippen molar-refractivity contribution in [2.24, 2.45) is 0 Å². The second-order valence-corrected chi connectivity index (χ2v) is 8.88. The smallest absolute Gasteiger partial charge is 0.305 e. The zero-order valence-electron chi connectivity index (χ0n) is 19.8. The van der Waals surface area contributed by atoms with Crippen LogP contribution in [0.25, 0.3) is 5.69 Å². The first-order valence-corrected chi connectivity index (χ1v) is 11.8. The molecule has 1 fully saturated rings. The zero-order chi connectivity index (χ0) is 24.2. The number of piperazine rings is 1. The molecule has 0 saturated carbocycles. The van der Waals surface area contributed by atoms with Gasteiger partial charge in [0.25, 0.3) is 5.91 Å². The van der Waals surface area contributed by atoms with Crippen LogP contribution in [0.3, 0.4) is 0 Å². The third-order valence-electron chi connectivity index (χ3n) is 6.37. The minimum atomic E-state index is -0.233. The molecule has 8 heteroatoms. The molecular weight excluding hydrogens is 452 g/mol. The molecule has 4 rings (SSSR count). The number of benzene rings is 2. The number of hydrogen-bond donors (Lipinski definition) is 0. The van der Waals surface area contributed by atoms with Crippen LogP contribution in [0.15, 0.2) is 48.5 Å². The highest BCUT2D eigenvalue weighted by atomic mass is 35.5. The number of rotatable bonds is 6. The molecule has 2 aromatic carbocycles. The number of ether oxygens (including phenoxy) is 1. The van der Waals surface area contributed by atoms with Gasteiger partial charge < -0.3 is 14.5 Å². The molecule has 0 aliphatic carbocycles. The Morgan fingerprint density at radius 1 is 0.941 bits per heavy atom. The van der Waals surface area contributed by atoms with E-state index in [9.17, 15) is 9.59 Å². The van der Waals surface area contributed by atoms with Gasteiger partial charge in [0, 0.05) is 54.6 Å². The van der Waals surface area contributed by atoms with Crippen molar-refractivity contribution in [1.29, 1.82) is 0 Å². The van der Waals surface area contributed by atoms with Gasteiger partial charge in [-0.15, -0.1) is 0 Å². The Kier molecular flexibility index (Phi) is 7.22. The standard InChI is InChI=1S/C26H29ClN4O3/c1-18-24(12-13-25(32)34-3)19(2)31(28-18)23-8-4-20(5-9-23)26(33)30-16-14-29(15-17-30)22-10-6-21(27)7-11-22/h4-11H,12-17H2,1-3H3. The summed E-state index contributed by atoms with van der Waals surface area (Å²) in [5.74, 6) is -0.196. The topological polar surface area (TPSA) is 67.7 Å². The van der Waals surface area contributed by atoms with Gasteiger partial charge in [0.1, 0.15) is 0 Å². The highest BCUT2D eigenvalue weighted by molar-refractivity contribution is 6.30. The van der Waals surface area contributed by atoms with Crippen molar-refractivity contribution in [3.8, 4) is 5.69 Å². The van der Waals surface area contributed by atoms with Crippen molar-refractivity contribution < 1.29 is 14.3 Å². The summed E-state index contributed by atoms with van der Waals surface area (Å²) in [7, 11) is 1.40. The van der Waals surface area contributed by atoms with E-state index in [0.29, 0.717) is 31.5 Å². The van der Waals surface area contributed by atoms with Crippen LogP contribution in [0.2, 0.25) is 5.02 Å². The second kappa shape index (κ2) is 10.3. The Labute approximate surface area is 204 Å². The van der Waals surface area contributed by atoms with E-state index >= 15 is 0 Å². The summed E-state index contributed by atoms with van der Waals surface area (Å²) in [5.41, 5.74) is 5.59. The Hall–Kier alpha value is -3.32. The normalized spacial score (nSPS) is 13.8. The first-order valence-electron chi connectivity index (χ1n) is 11.4. The maximum atomic E-state index is 13.1. The van der Waals surface area contributed by atoms with E-state index in [-0.39, 0.29) is 11.9 Å². The lowest BCUT2D eigenvalue weighted by molar-refractivity contribution is -0.140. The van der Waals surface area contributed by atoms with Gasteiger partial charge in [-0.25, -0.2) is 4.68 Å². The minimum Gasteiger partial charge on any atom is -0.469 e. The number of aromatic nitrogens is 2. The monoisotopic (exact) mass is 480 g/mol. The minimum absolute atomic E-state index is 0.0365. The fourth-order valence-corrected chi connectivity index (χ4v) is 4.49. The molecule has 3 aromatic rings. The number of carbonyl (C=O) groups excluding carboxylic acids is 2. The van der Waals surface area contributed by atoms with Crippen molar-refractivity contribution >= 4 is 29.2 Å². The van der Waals surface area contributed by atoms with Gasteiger partial charge >= 0.3 is 5.97 Å². The van der Waals surface area contributed by atoms with Gasteiger partial charge in [-0.2, -0.15) is 5.10 Å². The van der Waals surface area contributed by atoms with Gasteiger partial charge in [0.05, 0.1) is 18.5 Å². The maximum Gasteiger partial charge on any atom is 0.305 e. The van der Waals surface area contributed by atoms with Crippen molar-refractivity contribution in [3.05, 3.63) is 76.1 Å². The van der Waals surface area contributed by atoms with Gasteiger partial charge in [-0.05, 0) is 74.4 Å². The average molecular weight is 481 g/mol. The van der Waals surface area contributed by atoms with Crippen molar-refractivity contribution in [3.63, 3.8) is 0 Å². The molecule has 0 radical (unpaired) electrons. The highest BCUT2D eigenvalue weighted by Gasteiger charge is 2.22. The number of methoxy groups -OCH3 is 1. The number of anilines is 1. The molecule has 0 spiro atoms. The molecule has 1 saturated heterocycles. The Morgan fingerprint density at radius 2 is 1.56 bits per heavy atom. The van der Waals surface area contributed by atoms with E-state index in [0.717, 1.165) is 46.4 Å². The molecule has 1 aliphatic heterocycles. The number of hydrogen-bond acceptors (Lipinski definition) is 5. The molecule has 1 aliphatic rings. The van der Waals surface area contributed by atoms with Crippen molar-refractivity contribution in [1.82, 2.24) is 14.7 Å². The van der Waals surface area contributed by atoms with Gasteiger partial charge in [0.2, 0.25) is 0 Å². The summed E-state index contributed by atoms with van der Waals surface area (Å²) in [4.78, 5) is 28.8. The fraction of sp³-hybridized carbons (Fsp3) is 0.346. The molecule has 7 nitrogen and oxygen atoms in total. The molecule has 34 heavy (non-hydrogen) atoms. The quantitative estimate of drug-likeness (QED) is 0.494. The summed E-state index contributed by atoms with van der Waals surface area (Å²) in [6, 6.07) is 15.3. The van der Waals surface area contributed by atoms with E-state index in [1.165, 1.54) is 7.11 Å². The van der Waals surface area contributed by atoms with Gasteiger partial charge in [-0.1, -0.05) is 11.6 Å². The van der Waals surface area contributed by atoms with Gasteiger partial charge in [-0.3, -0.25) is 9.59 Å². The van der Waals surface area contributed by atoms with Crippen LogP contribution in [-0.2, 0) is 16.0 Å². The van der Waals surface area contributed by atoms with Gasteiger partial charge in [0.15, 0.2) is 0 Å². The molecule has 1 aromatic heterocycles. The van der Waals surface area contributed by atoms with E-state index in [1.54, 1.807) is 0 Å². The maximum absolute atomic E-state index is 13.1. The first kappa shape index (κ1) is 23.8. The number of nitrogens with zero attached hydrogens (tertiary/aromatic N) is 4. The van der Waals surface area contributed by atoms with E-state index in [2.05, 4.69) is 10.00 Å². The van der Waals surface area contributed by atoms with Crippen LogP contribution < -0.4 is 4.90 Å². The SMILES string of the molecule is COC(=O)CCc1c(C)nn(-c2ccc(C(=O)N3CCN(c4ccc(Cl)cc4)CC3)cc2)c1C. The summed E-state index contributed by atoms with van der Waals surface area (Å²) in [5, 5.41) is 5.37. The number of esters is 1. The summed E-state index contributed by atoms with van der Waals surface area (Å²) in [6.07, 6.45) is 0.908. The van der Waals surface area contributed by atoms with Crippen molar-refractivity contribution in [2.45, 2.75) is 26.7 Å². The third-order valence-corrected chi connectivity index (χ3v) is 6.62. The molecular formula is C26H29ClN4O3. The van der Waals surface area contributed by atoms with Crippen LogP contribution in [0.5, 0.6) is 0 Å². The van der Waals surface area contributed by atoms with E-state index in [4.69, 9.17) is 16.3 Å². The zero-order valence-corrected chi connectivity index (χ0v) is 20.5. The van der Waals surface area contributed by atoms with Crippen LogP contribution >= 0.6 is 11.6 Å². The lowest BCUT2D eigenvalue weighted by Gasteiger charge is -2.36. The van der Waals surface area contributed by atoms with E-state index < -0.39 is 0 Å². The molecule has 2 heterocycles. The van der Waals surface area contributed by atoms with Crippen LogP contribution in [0.4, 0.5) is 5.69 Å². The average Bonchev–Trinajstić information content (AvgIpc) is 3.15. The summed E-state index contributed by atoms with van der Waals surface area (Å²) < 4.78 is 6.61. The molecule has 178 valence electrons. The number of halogens is 1. The molecule has 1 amide bonds. The number of carbonyl (C=O) groups is 2. The predicted molar refractivity (Wildman–Crippen MR) is 133 cm³/mol. The highest BCUT2D eigenvalue weighted by Crippen LogP contribution is 2.22. The lowest BCUT2D eigenvalue weighted by Crippen LogP contribution is -2.48. The summed E-state index contributed by atoms with van der Waals surface area (Å²) >= 11 is 5.99. The Balaban J connectivity index is 1.40. The summed E-state index contributed by atoms with van der Waals surface area (Å²) in [6.45, 7) is 6.84. The first-order chi connectivity index (χ1) is 16.4. The second-order valence-electron chi connectivity index (χ2n) is 8.44.